The largest absolute Gasteiger partial charge is 0.365 e. The van der Waals surface area contributed by atoms with Crippen LogP contribution in [0.4, 0.5) is 5.82 Å². The second-order valence-electron chi connectivity index (χ2n) is 2.26. The summed E-state index contributed by atoms with van der Waals surface area (Å²) in [6.45, 7) is 2.90. The molecule has 0 saturated carbocycles. The van der Waals surface area contributed by atoms with Gasteiger partial charge in [0.15, 0.2) is 10.9 Å². The zero-order valence-corrected chi connectivity index (χ0v) is 7.98. The molecule has 0 amide bonds. The molecule has 0 atom stereocenters. The van der Waals surface area contributed by atoms with Gasteiger partial charge in [-0.05, 0) is 19.1 Å². The monoisotopic (exact) mass is 184 g/mol. The lowest BCUT2D eigenvalue weighted by molar-refractivity contribution is 0.662. The summed E-state index contributed by atoms with van der Waals surface area (Å²) >= 11 is 4.91. The van der Waals surface area contributed by atoms with Crippen molar-refractivity contribution in [3.05, 3.63) is 12.3 Å². The molecule has 0 fully saturated rings. The zero-order chi connectivity index (χ0) is 8.97. The number of hydrogen-bond acceptors (Lipinski definition) is 2. The maximum absolute atomic E-state index is 4.91. The van der Waals surface area contributed by atoms with Crippen LogP contribution in [0.5, 0.6) is 0 Å². The minimum atomic E-state index is 0.580. The molecule has 1 rings (SSSR count). The normalized spacial score (nSPS) is 9.50. The quantitative estimate of drug-likeness (QED) is 0.668. The van der Waals surface area contributed by atoms with Gasteiger partial charge in [-0.3, -0.25) is 4.68 Å². The summed E-state index contributed by atoms with van der Waals surface area (Å²) in [4.78, 5) is 0. The SMILES string of the molecule is CCn1ccc(NC(=S)NC)n1. The summed E-state index contributed by atoms with van der Waals surface area (Å²) in [6.07, 6.45) is 1.90. The molecule has 0 bridgehead atoms. The summed E-state index contributed by atoms with van der Waals surface area (Å²) in [5.41, 5.74) is 0. The van der Waals surface area contributed by atoms with Crippen LogP contribution in [0.1, 0.15) is 6.92 Å². The first kappa shape index (κ1) is 8.99. The van der Waals surface area contributed by atoms with E-state index in [-0.39, 0.29) is 0 Å². The number of rotatable bonds is 2. The van der Waals surface area contributed by atoms with Gasteiger partial charge in [-0.15, -0.1) is 0 Å². The lowest BCUT2D eigenvalue weighted by Gasteiger charge is -2.02. The first-order valence-electron chi connectivity index (χ1n) is 3.78. The van der Waals surface area contributed by atoms with Gasteiger partial charge in [0.25, 0.3) is 0 Å². The predicted molar refractivity (Wildman–Crippen MR) is 53.2 cm³/mol. The van der Waals surface area contributed by atoms with Crippen molar-refractivity contribution in [2.24, 2.45) is 0 Å². The van der Waals surface area contributed by atoms with E-state index in [2.05, 4.69) is 15.7 Å². The van der Waals surface area contributed by atoms with E-state index in [1.54, 1.807) is 7.05 Å². The van der Waals surface area contributed by atoms with Crippen molar-refractivity contribution in [1.82, 2.24) is 15.1 Å². The van der Waals surface area contributed by atoms with Crippen molar-refractivity contribution >= 4 is 23.1 Å². The van der Waals surface area contributed by atoms with Crippen molar-refractivity contribution in [1.29, 1.82) is 0 Å². The number of nitrogens with zero attached hydrogens (tertiary/aromatic N) is 2. The van der Waals surface area contributed by atoms with E-state index in [0.29, 0.717) is 5.11 Å². The molecule has 0 saturated heterocycles. The van der Waals surface area contributed by atoms with Crippen LogP contribution in [0.15, 0.2) is 12.3 Å². The molecule has 12 heavy (non-hydrogen) atoms. The summed E-state index contributed by atoms with van der Waals surface area (Å²) in [6, 6.07) is 1.88. The van der Waals surface area contributed by atoms with Crippen LogP contribution in [0.25, 0.3) is 0 Å². The second kappa shape index (κ2) is 4.06. The molecule has 0 spiro atoms. The van der Waals surface area contributed by atoms with E-state index in [9.17, 15) is 0 Å². The molecule has 0 unspecified atom stereocenters. The number of aryl methyl sites for hydroxylation is 1. The minimum Gasteiger partial charge on any atom is -0.365 e. The number of anilines is 1. The number of hydrogen-bond donors (Lipinski definition) is 2. The summed E-state index contributed by atoms with van der Waals surface area (Å²) in [5.74, 6) is 0.774. The first-order valence-corrected chi connectivity index (χ1v) is 4.19. The Labute approximate surface area is 77.0 Å². The van der Waals surface area contributed by atoms with Gasteiger partial charge in [-0.25, -0.2) is 0 Å². The van der Waals surface area contributed by atoms with Gasteiger partial charge in [-0.1, -0.05) is 0 Å². The molecular formula is C7H12N4S. The zero-order valence-electron chi connectivity index (χ0n) is 7.16. The Morgan fingerprint density at radius 3 is 3.00 bits per heavy atom. The predicted octanol–water partition coefficient (Wildman–Crippen LogP) is 0.819. The van der Waals surface area contributed by atoms with Crippen LogP contribution >= 0.6 is 12.2 Å². The molecule has 0 aliphatic carbocycles. The second-order valence-corrected chi connectivity index (χ2v) is 2.67. The molecule has 4 nitrogen and oxygen atoms in total. The lowest BCUT2D eigenvalue weighted by Crippen LogP contribution is -2.24. The number of aromatic nitrogens is 2. The molecular weight excluding hydrogens is 172 g/mol. The molecule has 0 aliphatic heterocycles. The Hall–Kier alpha value is -1.10. The summed E-state index contributed by atoms with van der Waals surface area (Å²) in [5, 5.41) is 10.5. The molecule has 1 aromatic heterocycles. The smallest absolute Gasteiger partial charge is 0.171 e. The highest BCUT2D eigenvalue weighted by atomic mass is 32.1. The molecule has 1 aromatic rings. The van der Waals surface area contributed by atoms with E-state index in [1.807, 2.05) is 23.9 Å². The molecule has 0 radical (unpaired) electrons. The minimum absolute atomic E-state index is 0.580. The van der Waals surface area contributed by atoms with Crippen molar-refractivity contribution in [2.45, 2.75) is 13.5 Å². The average molecular weight is 184 g/mol. The summed E-state index contributed by atoms with van der Waals surface area (Å²) < 4.78 is 1.83. The molecule has 66 valence electrons. The average Bonchev–Trinajstić information content (AvgIpc) is 2.52. The van der Waals surface area contributed by atoms with E-state index < -0.39 is 0 Å². The van der Waals surface area contributed by atoms with E-state index in [1.165, 1.54) is 0 Å². The van der Waals surface area contributed by atoms with Crippen molar-refractivity contribution in [3.8, 4) is 0 Å². The van der Waals surface area contributed by atoms with Gasteiger partial charge in [0.1, 0.15) is 0 Å². The van der Waals surface area contributed by atoms with Gasteiger partial charge in [0, 0.05) is 25.9 Å². The third-order valence-corrected chi connectivity index (χ3v) is 1.74. The van der Waals surface area contributed by atoms with Gasteiger partial charge in [-0.2, -0.15) is 5.10 Å². The Balaban J connectivity index is 2.58. The van der Waals surface area contributed by atoms with Crippen LogP contribution in [0.2, 0.25) is 0 Å². The van der Waals surface area contributed by atoms with E-state index in [4.69, 9.17) is 12.2 Å². The maximum Gasteiger partial charge on any atom is 0.171 e. The molecule has 1 heterocycles. The maximum atomic E-state index is 4.91. The molecule has 5 heteroatoms. The van der Waals surface area contributed by atoms with Crippen LogP contribution in [-0.2, 0) is 6.54 Å². The molecule has 0 aromatic carbocycles. The van der Waals surface area contributed by atoms with Crippen molar-refractivity contribution < 1.29 is 0 Å². The van der Waals surface area contributed by atoms with Gasteiger partial charge >= 0.3 is 0 Å². The number of nitrogens with one attached hydrogen (secondary N) is 2. The van der Waals surface area contributed by atoms with Gasteiger partial charge < -0.3 is 10.6 Å². The van der Waals surface area contributed by atoms with Crippen molar-refractivity contribution in [3.63, 3.8) is 0 Å². The topological polar surface area (TPSA) is 41.9 Å². The standard InChI is InChI=1S/C7H12N4S/c1-3-11-5-4-6(10-11)9-7(12)8-2/h4-5H,3H2,1-2H3,(H2,8,9,10,12). The fourth-order valence-electron chi connectivity index (χ4n) is 0.783. The van der Waals surface area contributed by atoms with Crippen LogP contribution < -0.4 is 10.6 Å². The Morgan fingerprint density at radius 2 is 2.50 bits per heavy atom. The Bertz CT molecular complexity index is 268. The van der Waals surface area contributed by atoms with Gasteiger partial charge in [0.05, 0.1) is 0 Å². The Morgan fingerprint density at radius 1 is 1.75 bits per heavy atom. The van der Waals surface area contributed by atoms with Crippen LogP contribution in [-0.4, -0.2) is 21.9 Å². The highest BCUT2D eigenvalue weighted by Crippen LogP contribution is 2.01. The summed E-state index contributed by atoms with van der Waals surface area (Å²) in [7, 11) is 1.77. The Kier molecular flexibility index (Phi) is 3.04. The number of thiocarbonyl (C=S) groups is 1. The van der Waals surface area contributed by atoms with E-state index in [0.717, 1.165) is 12.4 Å². The van der Waals surface area contributed by atoms with Crippen LogP contribution in [0.3, 0.4) is 0 Å². The molecule has 0 aliphatic rings. The molecule has 2 N–H and O–H groups in total. The highest BCUT2D eigenvalue weighted by Gasteiger charge is 1.97. The van der Waals surface area contributed by atoms with Crippen molar-refractivity contribution in [2.75, 3.05) is 12.4 Å². The first-order chi connectivity index (χ1) is 5.76. The third-order valence-electron chi connectivity index (χ3n) is 1.43. The lowest BCUT2D eigenvalue weighted by atomic mass is 10.6. The third kappa shape index (κ3) is 2.20. The van der Waals surface area contributed by atoms with E-state index >= 15 is 0 Å². The fraction of sp³-hybridized carbons (Fsp3) is 0.429. The highest BCUT2D eigenvalue weighted by molar-refractivity contribution is 7.80. The van der Waals surface area contributed by atoms with Crippen LogP contribution in [0, 0.1) is 0 Å². The van der Waals surface area contributed by atoms with Gasteiger partial charge in [0.2, 0.25) is 0 Å². The fourth-order valence-corrected chi connectivity index (χ4v) is 0.888.